The number of carbonyl (C=O) groups is 1. The van der Waals surface area contributed by atoms with E-state index in [0.29, 0.717) is 27.3 Å². The number of anilines is 1. The van der Waals surface area contributed by atoms with Crippen molar-refractivity contribution >= 4 is 40.6 Å². The van der Waals surface area contributed by atoms with E-state index in [1.165, 1.54) is 18.9 Å². The number of ether oxygens (including phenoxy) is 1. The van der Waals surface area contributed by atoms with E-state index in [2.05, 4.69) is 20.5 Å². The fourth-order valence-corrected chi connectivity index (χ4v) is 3.48. The van der Waals surface area contributed by atoms with E-state index < -0.39 is 0 Å². The lowest BCUT2D eigenvalue weighted by atomic mass is 10.2. The predicted molar refractivity (Wildman–Crippen MR) is 102 cm³/mol. The average molecular weight is 392 g/mol. The van der Waals surface area contributed by atoms with Crippen LogP contribution >= 0.6 is 23.4 Å². The van der Waals surface area contributed by atoms with Crippen molar-refractivity contribution in [1.82, 2.24) is 19.6 Å². The van der Waals surface area contributed by atoms with Gasteiger partial charge in [0.15, 0.2) is 10.8 Å². The summed E-state index contributed by atoms with van der Waals surface area (Å²) >= 11 is 7.39. The van der Waals surface area contributed by atoms with Crippen LogP contribution in [0.5, 0.6) is 5.75 Å². The number of hydrogen-bond acceptors (Lipinski definition) is 6. The fraction of sp³-hybridized carbons (Fsp3) is 0.294. The molecule has 0 radical (unpaired) electrons. The van der Waals surface area contributed by atoms with E-state index in [1.807, 2.05) is 31.2 Å². The molecule has 0 saturated heterocycles. The van der Waals surface area contributed by atoms with E-state index in [9.17, 15) is 4.79 Å². The molecule has 2 aromatic heterocycles. The largest absolute Gasteiger partial charge is 0.495 e. The number of nitrogens with one attached hydrogen (secondary N) is 1. The molecular weight excluding hydrogens is 374 g/mol. The van der Waals surface area contributed by atoms with Gasteiger partial charge < -0.3 is 10.1 Å². The second-order valence-corrected chi connectivity index (χ2v) is 7.11. The zero-order chi connectivity index (χ0) is 18.8. The number of hydrogen-bond donors (Lipinski definition) is 1. The molecule has 0 aliphatic heterocycles. The Hall–Kier alpha value is -2.32. The first-order valence-corrected chi connectivity index (χ1v) is 9.21. The second kappa shape index (κ2) is 7.51. The van der Waals surface area contributed by atoms with Crippen LogP contribution in [0.2, 0.25) is 5.02 Å². The summed E-state index contributed by atoms with van der Waals surface area (Å²) in [5.74, 6) is 1.30. The van der Waals surface area contributed by atoms with Gasteiger partial charge in [0.05, 0.1) is 18.6 Å². The van der Waals surface area contributed by atoms with Crippen LogP contribution in [0.1, 0.15) is 17.1 Å². The van der Waals surface area contributed by atoms with E-state index >= 15 is 0 Å². The molecule has 3 aromatic rings. The number of fused-ring (bicyclic) bond motifs is 1. The number of methoxy groups -OCH3 is 1. The number of aromatic nitrogens is 4. The molecule has 1 N–H and O–H groups in total. The molecule has 1 aromatic carbocycles. The highest BCUT2D eigenvalue weighted by atomic mass is 35.5. The molecule has 136 valence electrons. The number of benzene rings is 1. The first kappa shape index (κ1) is 18.5. The van der Waals surface area contributed by atoms with Crippen molar-refractivity contribution in [3.05, 3.63) is 40.3 Å². The molecule has 7 nitrogen and oxygen atoms in total. The van der Waals surface area contributed by atoms with Crippen molar-refractivity contribution in [3.8, 4) is 5.75 Å². The summed E-state index contributed by atoms with van der Waals surface area (Å²) in [6.45, 7) is 5.66. The number of carbonyl (C=O) groups excluding carboxylic acids is 1. The van der Waals surface area contributed by atoms with Crippen LogP contribution in [-0.2, 0) is 4.79 Å². The van der Waals surface area contributed by atoms with Gasteiger partial charge in [-0.1, -0.05) is 23.4 Å². The van der Waals surface area contributed by atoms with Gasteiger partial charge in [-0.05, 0) is 32.4 Å². The molecule has 0 atom stereocenters. The maximum absolute atomic E-state index is 12.4. The first-order chi connectivity index (χ1) is 12.4. The number of halogens is 1. The zero-order valence-corrected chi connectivity index (χ0v) is 16.4. The van der Waals surface area contributed by atoms with Gasteiger partial charge in [0, 0.05) is 22.8 Å². The molecule has 3 rings (SSSR count). The summed E-state index contributed by atoms with van der Waals surface area (Å²) in [6, 6.07) is 5.32. The number of nitrogens with zero attached hydrogens (tertiary/aromatic N) is 4. The number of aryl methyl sites for hydroxylation is 3. The number of thioether (sulfide) groups is 1. The molecule has 9 heteroatoms. The quantitative estimate of drug-likeness (QED) is 0.671. The Morgan fingerprint density at radius 3 is 2.77 bits per heavy atom. The summed E-state index contributed by atoms with van der Waals surface area (Å²) in [7, 11) is 1.53. The normalized spacial score (nSPS) is 11.0. The summed E-state index contributed by atoms with van der Waals surface area (Å²) in [6.07, 6.45) is 0. The highest BCUT2D eigenvalue weighted by Crippen LogP contribution is 2.31. The van der Waals surface area contributed by atoms with Crippen molar-refractivity contribution in [1.29, 1.82) is 0 Å². The summed E-state index contributed by atoms with van der Waals surface area (Å²) in [5, 5.41) is 12.3. The van der Waals surface area contributed by atoms with E-state index in [1.54, 1.807) is 12.1 Å². The molecule has 2 heterocycles. The minimum absolute atomic E-state index is 0.176. The Bertz CT molecular complexity index is 989. The molecule has 0 spiro atoms. The van der Waals surface area contributed by atoms with Crippen LogP contribution in [0.4, 0.5) is 5.69 Å². The van der Waals surface area contributed by atoms with Crippen molar-refractivity contribution < 1.29 is 9.53 Å². The maximum atomic E-state index is 12.4. The Balaban J connectivity index is 1.73. The lowest BCUT2D eigenvalue weighted by Crippen LogP contribution is -2.15. The molecule has 1 amide bonds. The third-order valence-corrected chi connectivity index (χ3v) is 5.08. The molecule has 26 heavy (non-hydrogen) atoms. The van der Waals surface area contributed by atoms with Crippen LogP contribution in [0.25, 0.3) is 5.65 Å². The van der Waals surface area contributed by atoms with Crippen molar-refractivity contribution in [2.75, 3.05) is 18.2 Å². The monoisotopic (exact) mass is 391 g/mol. The molecule has 0 unspecified atom stereocenters. The minimum Gasteiger partial charge on any atom is -0.495 e. The Morgan fingerprint density at radius 1 is 1.27 bits per heavy atom. The van der Waals surface area contributed by atoms with Crippen LogP contribution in [0, 0.1) is 20.8 Å². The lowest BCUT2D eigenvalue weighted by molar-refractivity contribution is -0.113. The molecule has 0 aliphatic carbocycles. The number of amides is 1. The van der Waals surface area contributed by atoms with Crippen molar-refractivity contribution in [2.45, 2.75) is 25.9 Å². The highest BCUT2D eigenvalue weighted by Gasteiger charge is 2.14. The summed E-state index contributed by atoms with van der Waals surface area (Å²) in [4.78, 5) is 16.8. The Kier molecular flexibility index (Phi) is 5.33. The van der Waals surface area contributed by atoms with Crippen molar-refractivity contribution in [3.63, 3.8) is 0 Å². The highest BCUT2D eigenvalue weighted by molar-refractivity contribution is 7.99. The molecule has 0 aliphatic rings. The van der Waals surface area contributed by atoms with Gasteiger partial charge in [-0.2, -0.15) is 0 Å². The Labute approximate surface area is 160 Å². The maximum Gasteiger partial charge on any atom is 0.234 e. The second-order valence-electron chi connectivity index (χ2n) is 5.76. The van der Waals surface area contributed by atoms with E-state index in [0.717, 1.165) is 17.1 Å². The fourth-order valence-electron chi connectivity index (χ4n) is 2.54. The molecule has 0 saturated carbocycles. The topological polar surface area (TPSA) is 81.4 Å². The Morgan fingerprint density at radius 2 is 2.04 bits per heavy atom. The van der Waals surface area contributed by atoms with Crippen LogP contribution in [0.3, 0.4) is 0 Å². The van der Waals surface area contributed by atoms with Crippen LogP contribution in [0.15, 0.2) is 23.4 Å². The summed E-state index contributed by atoms with van der Waals surface area (Å²) in [5.41, 5.74) is 3.03. The smallest absolute Gasteiger partial charge is 0.234 e. The third kappa shape index (κ3) is 3.76. The van der Waals surface area contributed by atoms with Gasteiger partial charge in [-0.3, -0.25) is 9.20 Å². The van der Waals surface area contributed by atoms with Gasteiger partial charge in [0.2, 0.25) is 5.91 Å². The molecular formula is C17H18ClN5O2S. The van der Waals surface area contributed by atoms with Gasteiger partial charge in [-0.15, -0.1) is 10.2 Å². The van der Waals surface area contributed by atoms with Gasteiger partial charge in [0.25, 0.3) is 0 Å². The minimum atomic E-state index is -0.176. The lowest BCUT2D eigenvalue weighted by Gasteiger charge is -2.12. The molecule has 0 bridgehead atoms. The third-order valence-electron chi connectivity index (χ3n) is 3.75. The van der Waals surface area contributed by atoms with Crippen molar-refractivity contribution in [2.24, 2.45) is 0 Å². The average Bonchev–Trinajstić information content (AvgIpc) is 2.99. The van der Waals surface area contributed by atoms with Gasteiger partial charge in [-0.25, -0.2) is 4.98 Å². The standard InChI is InChI=1S/C17H18ClN5O2S/c1-9-5-13(14(25-4)7-12(9)18)20-16(24)8-26-17-22-21-15-6-10(2)19-11(3)23(15)17/h5-7H,8H2,1-4H3,(H,20,24). The SMILES string of the molecule is COc1cc(Cl)c(C)cc1NC(=O)CSc1nnc2cc(C)nc(C)n12. The zero-order valence-electron chi connectivity index (χ0n) is 14.8. The predicted octanol–water partition coefficient (Wildman–Crippen LogP) is 3.44. The number of rotatable bonds is 5. The van der Waals surface area contributed by atoms with E-state index in [-0.39, 0.29) is 11.7 Å². The van der Waals surface area contributed by atoms with Crippen LogP contribution in [-0.4, -0.2) is 38.4 Å². The first-order valence-electron chi connectivity index (χ1n) is 7.85. The van der Waals surface area contributed by atoms with E-state index in [4.69, 9.17) is 16.3 Å². The summed E-state index contributed by atoms with van der Waals surface area (Å²) < 4.78 is 7.11. The van der Waals surface area contributed by atoms with Crippen LogP contribution < -0.4 is 10.1 Å². The molecule has 0 fully saturated rings. The van der Waals surface area contributed by atoms with Gasteiger partial charge >= 0.3 is 0 Å². The van der Waals surface area contributed by atoms with Gasteiger partial charge in [0.1, 0.15) is 11.6 Å².